The number of hydrogen-bond donors (Lipinski definition) is 0. The van der Waals surface area contributed by atoms with Crippen LogP contribution in [0.1, 0.15) is 17.4 Å². The smallest absolute Gasteiger partial charge is 0.260 e. The second-order valence-corrected chi connectivity index (χ2v) is 5.62. The Morgan fingerprint density at radius 2 is 2.12 bits per heavy atom. The Morgan fingerprint density at radius 3 is 2.88 bits per heavy atom. The number of ether oxygens (including phenoxy) is 2. The van der Waals surface area contributed by atoms with Crippen LogP contribution in [0, 0.1) is 6.92 Å². The summed E-state index contributed by atoms with van der Waals surface area (Å²) in [6.07, 6.45) is 1.09. The fourth-order valence-electron chi connectivity index (χ4n) is 2.58. The molecule has 1 fully saturated rings. The Bertz CT molecular complexity index is 756. The number of hydrogen-bond acceptors (Lipinski definition) is 5. The minimum absolute atomic E-state index is 0.0434. The Hall–Kier alpha value is -2.60. The molecule has 0 bridgehead atoms. The molecule has 0 saturated carbocycles. The largest absolute Gasteiger partial charge is 0.477 e. The zero-order chi connectivity index (χ0) is 16.9. The molecule has 1 amide bonds. The Labute approximate surface area is 139 Å². The molecular weight excluding hydrogens is 310 g/mol. The molecule has 6 heteroatoms. The van der Waals surface area contributed by atoms with E-state index in [9.17, 15) is 9.59 Å². The van der Waals surface area contributed by atoms with Crippen LogP contribution in [0.2, 0.25) is 0 Å². The maximum Gasteiger partial charge on any atom is 0.260 e. The highest BCUT2D eigenvalue weighted by atomic mass is 16.5. The molecule has 1 unspecified atom stereocenters. The van der Waals surface area contributed by atoms with Gasteiger partial charge in [0.15, 0.2) is 6.61 Å². The molecule has 6 nitrogen and oxygen atoms in total. The first-order chi connectivity index (χ1) is 11.6. The molecule has 0 radical (unpaired) electrons. The summed E-state index contributed by atoms with van der Waals surface area (Å²) in [4.78, 5) is 25.8. The maximum atomic E-state index is 12.3. The molecule has 3 rings (SSSR count). The lowest BCUT2D eigenvalue weighted by molar-refractivity contribution is -0.141. The van der Waals surface area contributed by atoms with E-state index >= 15 is 0 Å². The van der Waals surface area contributed by atoms with Crippen molar-refractivity contribution in [2.75, 3.05) is 26.3 Å². The van der Waals surface area contributed by atoms with Gasteiger partial charge in [-0.25, -0.2) is 0 Å². The second-order valence-electron chi connectivity index (χ2n) is 5.62. The third-order valence-corrected chi connectivity index (χ3v) is 3.87. The third-order valence-electron chi connectivity index (χ3n) is 3.87. The summed E-state index contributed by atoms with van der Waals surface area (Å²) in [5, 5.41) is 0. The van der Waals surface area contributed by atoms with Crippen molar-refractivity contribution >= 4 is 5.91 Å². The van der Waals surface area contributed by atoms with Gasteiger partial charge in [0.1, 0.15) is 18.1 Å². The molecule has 1 aliphatic heterocycles. The van der Waals surface area contributed by atoms with Crippen molar-refractivity contribution in [1.29, 1.82) is 0 Å². The summed E-state index contributed by atoms with van der Waals surface area (Å²) >= 11 is 0. The lowest BCUT2D eigenvalue weighted by Gasteiger charge is -2.33. The van der Waals surface area contributed by atoms with Gasteiger partial charge in [0.2, 0.25) is 11.2 Å². The van der Waals surface area contributed by atoms with Gasteiger partial charge in [-0.05, 0) is 12.5 Å². The van der Waals surface area contributed by atoms with Crippen molar-refractivity contribution in [2.24, 2.45) is 0 Å². The average Bonchev–Trinajstić information content (AvgIpc) is 2.61. The standard InChI is InChI=1S/C18H19NO5/c1-13-9-15(20)17(11-23-13)24-12-18(21)19-7-8-22-16(10-19)14-5-3-2-4-6-14/h2-6,9,11,16H,7-8,10,12H2,1H3. The monoisotopic (exact) mass is 329 g/mol. The average molecular weight is 329 g/mol. The Kier molecular flexibility index (Phi) is 4.96. The summed E-state index contributed by atoms with van der Waals surface area (Å²) in [6.45, 7) is 2.92. The summed E-state index contributed by atoms with van der Waals surface area (Å²) < 4.78 is 16.2. The number of amides is 1. The van der Waals surface area contributed by atoms with Crippen molar-refractivity contribution in [1.82, 2.24) is 4.90 Å². The molecular formula is C18H19NO5. The van der Waals surface area contributed by atoms with Gasteiger partial charge in [-0.2, -0.15) is 0 Å². The fourth-order valence-corrected chi connectivity index (χ4v) is 2.58. The molecule has 126 valence electrons. The van der Waals surface area contributed by atoms with E-state index in [4.69, 9.17) is 13.9 Å². The van der Waals surface area contributed by atoms with Gasteiger partial charge < -0.3 is 18.8 Å². The number of benzene rings is 1. The molecule has 0 spiro atoms. The summed E-state index contributed by atoms with van der Waals surface area (Å²) in [5.74, 6) is 0.360. The van der Waals surface area contributed by atoms with Gasteiger partial charge in [0, 0.05) is 12.6 Å². The van der Waals surface area contributed by atoms with Crippen LogP contribution < -0.4 is 10.2 Å². The van der Waals surface area contributed by atoms with Crippen LogP contribution in [-0.4, -0.2) is 37.1 Å². The number of nitrogens with zero attached hydrogens (tertiary/aromatic N) is 1. The normalized spacial score (nSPS) is 17.5. The number of aryl methyl sites for hydroxylation is 1. The van der Waals surface area contributed by atoms with Crippen molar-refractivity contribution in [3.8, 4) is 5.75 Å². The second kappa shape index (κ2) is 7.31. The first kappa shape index (κ1) is 16.3. The third kappa shape index (κ3) is 3.83. The van der Waals surface area contributed by atoms with Crippen molar-refractivity contribution < 1.29 is 18.7 Å². The molecule has 1 aliphatic rings. The van der Waals surface area contributed by atoms with Crippen LogP contribution in [0.15, 0.2) is 51.9 Å². The van der Waals surface area contributed by atoms with E-state index in [1.807, 2.05) is 30.3 Å². The molecule has 0 aliphatic carbocycles. The van der Waals surface area contributed by atoms with Gasteiger partial charge in [0.25, 0.3) is 5.91 Å². The van der Waals surface area contributed by atoms with Gasteiger partial charge in [-0.1, -0.05) is 30.3 Å². The van der Waals surface area contributed by atoms with E-state index in [1.54, 1.807) is 11.8 Å². The van der Waals surface area contributed by atoms with Crippen molar-refractivity contribution in [3.63, 3.8) is 0 Å². The van der Waals surface area contributed by atoms with Crippen LogP contribution >= 0.6 is 0 Å². The molecule has 2 heterocycles. The van der Waals surface area contributed by atoms with Crippen LogP contribution in [0.5, 0.6) is 5.75 Å². The zero-order valence-corrected chi connectivity index (χ0v) is 13.4. The highest BCUT2D eigenvalue weighted by Gasteiger charge is 2.25. The van der Waals surface area contributed by atoms with Crippen molar-refractivity contribution in [2.45, 2.75) is 13.0 Å². The molecule has 1 atom stereocenters. The first-order valence-corrected chi connectivity index (χ1v) is 7.80. The van der Waals surface area contributed by atoms with Crippen molar-refractivity contribution in [3.05, 3.63) is 64.2 Å². The zero-order valence-electron chi connectivity index (χ0n) is 13.4. The summed E-state index contributed by atoms with van der Waals surface area (Å²) in [5.41, 5.74) is 0.741. The van der Waals surface area contributed by atoms with E-state index in [1.165, 1.54) is 12.3 Å². The SMILES string of the molecule is Cc1cc(=O)c(OCC(=O)N2CCOC(c3ccccc3)C2)co1. The molecule has 1 aromatic carbocycles. The molecule has 0 N–H and O–H groups in total. The predicted octanol–water partition coefficient (Wildman–Crippen LogP) is 1.93. The summed E-state index contributed by atoms with van der Waals surface area (Å²) in [6, 6.07) is 11.1. The number of carbonyl (C=O) groups is 1. The minimum atomic E-state index is -0.296. The predicted molar refractivity (Wildman–Crippen MR) is 86.9 cm³/mol. The number of rotatable bonds is 4. The molecule has 24 heavy (non-hydrogen) atoms. The highest BCUT2D eigenvalue weighted by Crippen LogP contribution is 2.22. The molecule has 1 saturated heterocycles. The first-order valence-electron chi connectivity index (χ1n) is 7.80. The van der Waals surface area contributed by atoms with Crippen LogP contribution in [0.3, 0.4) is 0 Å². The van der Waals surface area contributed by atoms with Crippen LogP contribution in [0.4, 0.5) is 0 Å². The number of carbonyl (C=O) groups excluding carboxylic acids is 1. The Morgan fingerprint density at radius 1 is 1.33 bits per heavy atom. The molecule has 2 aromatic rings. The lowest BCUT2D eigenvalue weighted by atomic mass is 10.1. The van der Waals surface area contributed by atoms with Gasteiger partial charge in [-0.3, -0.25) is 9.59 Å². The van der Waals surface area contributed by atoms with E-state index in [2.05, 4.69) is 0 Å². The Balaban J connectivity index is 1.59. The summed E-state index contributed by atoms with van der Waals surface area (Å²) in [7, 11) is 0. The molecule has 1 aromatic heterocycles. The highest BCUT2D eigenvalue weighted by molar-refractivity contribution is 5.77. The van der Waals surface area contributed by atoms with E-state index in [-0.39, 0.29) is 29.8 Å². The van der Waals surface area contributed by atoms with Gasteiger partial charge in [-0.15, -0.1) is 0 Å². The van der Waals surface area contributed by atoms with Gasteiger partial charge >= 0.3 is 0 Å². The minimum Gasteiger partial charge on any atom is -0.477 e. The van der Waals surface area contributed by atoms with E-state index in [0.29, 0.717) is 25.5 Å². The van der Waals surface area contributed by atoms with Gasteiger partial charge in [0.05, 0.1) is 13.2 Å². The quantitative estimate of drug-likeness (QED) is 0.857. The maximum absolute atomic E-state index is 12.3. The van der Waals surface area contributed by atoms with Crippen LogP contribution in [0.25, 0.3) is 0 Å². The van der Waals surface area contributed by atoms with E-state index in [0.717, 1.165) is 5.56 Å². The van der Waals surface area contributed by atoms with Crippen LogP contribution in [-0.2, 0) is 9.53 Å². The fraction of sp³-hybridized carbons (Fsp3) is 0.333. The van der Waals surface area contributed by atoms with E-state index < -0.39 is 0 Å². The topological polar surface area (TPSA) is 69.0 Å². The number of morpholine rings is 1. The lowest BCUT2D eigenvalue weighted by Crippen LogP contribution is -2.44.